The molecule has 2 aromatic carbocycles. The minimum atomic E-state index is 0.00521. The first-order valence-electron chi connectivity index (χ1n) is 6.72. The highest BCUT2D eigenvalue weighted by Gasteiger charge is 2.24. The fraction of sp³-hybridized carbons (Fsp3) is 0.188. The summed E-state index contributed by atoms with van der Waals surface area (Å²) in [6.07, 6.45) is 0.822. The van der Waals surface area contributed by atoms with Gasteiger partial charge in [-0.3, -0.25) is 0 Å². The molecule has 0 saturated carbocycles. The quantitative estimate of drug-likeness (QED) is 0.876. The number of hydrogen-bond donors (Lipinski definition) is 2. The van der Waals surface area contributed by atoms with Gasteiger partial charge in [0, 0.05) is 10.0 Å². The van der Waals surface area contributed by atoms with E-state index in [1.807, 2.05) is 48.5 Å². The second kappa shape index (κ2) is 5.96. The van der Waals surface area contributed by atoms with Crippen molar-refractivity contribution in [3.63, 3.8) is 0 Å². The summed E-state index contributed by atoms with van der Waals surface area (Å²) in [5.41, 5.74) is 8.16. The molecular weight excluding hydrogens is 305 g/mol. The van der Waals surface area contributed by atoms with E-state index in [0.29, 0.717) is 11.0 Å². The van der Waals surface area contributed by atoms with Crippen molar-refractivity contribution in [2.75, 3.05) is 0 Å². The molecule has 3 N–H and O–H groups in total. The van der Waals surface area contributed by atoms with Crippen molar-refractivity contribution < 1.29 is 0 Å². The van der Waals surface area contributed by atoms with Crippen LogP contribution < -0.4 is 11.1 Å². The van der Waals surface area contributed by atoms with Crippen LogP contribution in [-0.2, 0) is 0 Å². The van der Waals surface area contributed by atoms with Crippen LogP contribution in [0.1, 0.15) is 29.6 Å². The molecule has 0 bridgehead atoms. The zero-order chi connectivity index (χ0) is 14.8. The van der Waals surface area contributed by atoms with Crippen LogP contribution in [0, 0.1) is 0 Å². The molecule has 21 heavy (non-hydrogen) atoms. The summed E-state index contributed by atoms with van der Waals surface area (Å²) in [6.45, 7) is 0. The number of benzene rings is 2. The lowest BCUT2D eigenvalue weighted by Crippen LogP contribution is -2.39. The van der Waals surface area contributed by atoms with E-state index in [0.717, 1.165) is 22.6 Å². The number of nitrogens with zero attached hydrogens (tertiary/aromatic N) is 1. The van der Waals surface area contributed by atoms with E-state index in [2.05, 4.69) is 10.3 Å². The maximum atomic E-state index is 6.06. The van der Waals surface area contributed by atoms with Gasteiger partial charge in [-0.25, -0.2) is 4.99 Å². The number of nitrogens with two attached hydrogens (primary N) is 1. The standard InChI is InChI=1S/C16H15Cl2N3/c17-12-6-4-10(5-7-12)14-9-15(21-16(19)20-14)11-2-1-3-13(18)8-11/h1-8,14-15H,9H2,(H3,19,20,21). The molecule has 1 heterocycles. The van der Waals surface area contributed by atoms with Crippen LogP contribution in [0.5, 0.6) is 0 Å². The van der Waals surface area contributed by atoms with E-state index in [1.165, 1.54) is 0 Å². The number of nitrogens with one attached hydrogen (secondary N) is 1. The Balaban J connectivity index is 1.87. The number of rotatable bonds is 2. The van der Waals surface area contributed by atoms with Gasteiger partial charge in [-0.05, 0) is 41.8 Å². The van der Waals surface area contributed by atoms with Crippen LogP contribution in [0.15, 0.2) is 53.5 Å². The summed E-state index contributed by atoms with van der Waals surface area (Å²) in [6, 6.07) is 15.7. The van der Waals surface area contributed by atoms with E-state index < -0.39 is 0 Å². The van der Waals surface area contributed by atoms with Gasteiger partial charge in [0.25, 0.3) is 0 Å². The van der Waals surface area contributed by atoms with Gasteiger partial charge in [-0.1, -0.05) is 47.5 Å². The minimum Gasteiger partial charge on any atom is -0.370 e. The number of guanidine groups is 1. The fourth-order valence-corrected chi connectivity index (χ4v) is 2.88. The van der Waals surface area contributed by atoms with Crippen LogP contribution in [0.2, 0.25) is 10.0 Å². The third-order valence-electron chi connectivity index (χ3n) is 3.58. The fourth-order valence-electron chi connectivity index (χ4n) is 2.56. The lowest BCUT2D eigenvalue weighted by Gasteiger charge is -2.29. The molecule has 108 valence electrons. The van der Waals surface area contributed by atoms with Crippen LogP contribution >= 0.6 is 23.2 Å². The maximum Gasteiger partial charge on any atom is 0.189 e. The second-order valence-corrected chi connectivity index (χ2v) is 5.94. The van der Waals surface area contributed by atoms with Crippen LogP contribution in [0.3, 0.4) is 0 Å². The molecule has 0 amide bonds. The molecule has 0 aliphatic carbocycles. The smallest absolute Gasteiger partial charge is 0.189 e. The van der Waals surface area contributed by atoms with Gasteiger partial charge in [0.1, 0.15) is 0 Å². The molecule has 0 spiro atoms. The molecule has 0 radical (unpaired) electrons. The number of aliphatic imine (C=N–C) groups is 1. The molecule has 2 atom stereocenters. The van der Waals surface area contributed by atoms with Crippen LogP contribution in [-0.4, -0.2) is 5.96 Å². The summed E-state index contributed by atoms with van der Waals surface area (Å²) in [5, 5.41) is 4.65. The predicted octanol–water partition coefficient (Wildman–Crippen LogP) is 4.08. The minimum absolute atomic E-state index is 0.00521. The average Bonchev–Trinajstić information content (AvgIpc) is 2.47. The summed E-state index contributed by atoms with van der Waals surface area (Å²) in [7, 11) is 0. The predicted molar refractivity (Wildman–Crippen MR) is 87.8 cm³/mol. The average molecular weight is 320 g/mol. The van der Waals surface area contributed by atoms with Crippen molar-refractivity contribution in [2.45, 2.75) is 18.5 Å². The molecular formula is C16H15Cl2N3. The van der Waals surface area contributed by atoms with Gasteiger partial charge >= 0.3 is 0 Å². The molecule has 3 rings (SSSR count). The molecule has 5 heteroatoms. The van der Waals surface area contributed by atoms with Crippen LogP contribution in [0.25, 0.3) is 0 Å². The van der Waals surface area contributed by atoms with Gasteiger partial charge in [-0.2, -0.15) is 0 Å². The van der Waals surface area contributed by atoms with Crippen molar-refractivity contribution in [1.82, 2.24) is 5.32 Å². The van der Waals surface area contributed by atoms with E-state index in [4.69, 9.17) is 28.9 Å². The third kappa shape index (κ3) is 3.31. The summed E-state index contributed by atoms with van der Waals surface area (Å²) < 4.78 is 0. The zero-order valence-electron chi connectivity index (χ0n) is 11.3. The first-order chi connectivity index (χ1) is 10.1. The molecule has 0 saturated heterocycles. The van der Waals surface area contributed by atoms with E-state index in [-0.39, 0.29) is 12.1 Å². The molecule has 3 nitrogen and oxygen atoms in total. The first-order valence-corrected chi connectivity index (χ1v) is 7.48. The number of halogens is 2. The van der Waals surface area contributed by atoms with Gasteiger partial charge < -0.3 is 11.1 Å². The normalized spacial score (nSPS) is 21.5. The molecule has 1 aliphatic rings. The second-order valence-electron chi connectivity index (χ2n) is 5.07. The highest BCUT2D eigenvalue weighted by atomic mass is 35.5. The van der Waals surface area contributed by atoms with Crippen molar-refractivity contribution >= 4 is 29.2 Å². The van der Waals surface area contributed by atoms with E-state index in [9.17, 15) is 0 Å². The molecule has 0 aromatic heterocycles. The zero-order valence-corrected chi connectivity index (χ0v) is 12.8. The third-order valence-corrected chi connectivity index (χ3v) is 4.07. The van der Waals surface area contributed by atoms with Crippen molar-refractivity contribution in [2.24, 2.45) is 10.7 Å². The Morgan fingerprint density at radius 1 is 1.00 bits per heavy atom. The highest BCUT2D eigenvalue weighted by Crippen LogP contribution is 2.33. The summed E-state index contributed by atoms with van der Waals surface area (Å²) in [4.78, 5) is 4.49. The maximum absolute atomic E-state index is 6.06. The van der Waals surface area contributed by atoms with Crippen LogP contribution in [0.4, 0.5) is 0 Å². The Hall–Kier alpha value is -1.71. The SMILES string of the molecule is NC1=NC(c2cccc(Cl)c2)CC(c2ccc(Cl)cc2)N1. The Kier molecular flexibility index (Phi) is 4.04. The lowest BCUT2D eigenvalue weighted by atomic mass is 9.94. The van der Waals surface area contributed by atoms with Crippen molar-refractivity contribution in [3.8, 4) is 0 Å². The van der Waals surface area contributed by atoms with Gasteiger partial charge in [-0.15, -0.1) is 0 Å². The molecule has 1 aliphatic heterocycles. The molecule has 2 aromatic rings. The largest absolute Gasteiger partial charge is 0.370 e. The Morgan fingerprint density at radius 3 is 2.48 bits per heavy atom. The molecule has 0 fully saturated rings. The van der Waals surface area contributed by atoms with Gasteiger partial charge in [0.15, 0.2) is 5.96 Å². The van der Waals surface area contributed by atoms with E-state index in [1.54, 1.807) is 0 Å². The Labute approximate surface area is 133 Å². The molecule has 2 unspecified atom stereocenters. The van der Waals surface area contributed by atoms with E-state index >= 15 is 0 Å². The Morgan fingerprint density at radius 2 is 1.76 bits per heavy atom. The first kappa shape index (κ1) is 14.2. The van der Waals surface area contributed by atoms with Crippen molar-refractivity contribution in [3.05, 3.63) is 69.7 Å². The van der Waals surface area contributed by atoms with Gasteiger partial charge in [0.2, 0.25) is 0 Å². The summed E-state index contributed by atoms with van der Waals surface area (Å²) >= 11 is 12.0. The van der Waals surface area contributed by atoms with Crippen molar-refractivity contribution in [1.29, 1.82) is 0 Å². The van der Waals surface area contributed by atoms with Gasteiger partial charge in [0.05, 0.1) is 12.1 Å². The highest BCUT2D eigenvalue weighted by molar-refractivity contribution is 6.30. The summed E-state index contributed by atoms with van der Waals surface area (Å²) in [5.74, 6) is 0.450. The number of hydrogen-bond acceptors (Lipinski definition) is 3. The monoisotopic (exact) mass is 319 g/mol. The Bertz CT molecular complexity index is 667. The topological polar surface area (TPSA) is 50.4 Å². The lowest BCUT2D eigenvalue weighted by molar-refractivity contribution is 0.487.